The molecule has 0 bridgehead atoms. The first kappa shape index (κ1) is 19.4. The molecular formula is C21H24N4O3. The first-order chi connectivity index (χ1) is 13.5. The van der Waals surface area contributed by atoms with Crippen LogP contribution in [-0.2, 0) is 4.79 Å². The molecule has 3 rings (SSSR count). The number of aromatic nitrogens is 2. The van der Waals surface area contributed by atoms with Gasteiger partial charge in [0, 0.05) is 5.56 Å². The molecular weight excluding hydrogens is 356 g/mol. The molecule has 2 amide bonds. The summed E-state index contributed by atoms with van der Waals surface area (Å²) >= 11 is 0. The van der Waals surface area contributed by atoms with Gasteiger partial charge in [-0.3, -0.25) is 14.9 Å². The zero-order chi connectivity index (χ0) is 20.1. The third kappa shape index (κ3) is 4.68. The van der Waals surface area contributed by atoms with Crippen LogP contribution in [-0.4, -0.2) is 34.9 Å². The van der Waals surface area contributed by atoms with Crippen molar-refractivity contribution in [1.29, 1.82) is 0 Å². The second kappa shape index (κ2) is 8.56. The van der Waals surface area contributed by atoms with Gasteiger partial charge in [-0.1, -0.05) is 26.0 Å². The number of hydrogen-bond donors (Lipinski definition) is 3. The van der Waals surface area contributed by atoms with E-state index < -0.39 is 6.04 Å². The SMILES string of the molecule is COc1ccc(C(=O)NC(CC(C)C)C(=O)Nc2nc3ccccc3[nH]2)cc1. The number of methoxy groups -OCH3 is 1. The normalized spacial score (nSPS) is 12.0. The van der Waals surface area contributed by atoms with Crippen molar-refractivity contribution in [1.82, 2.24) is 15.3 Å². The number of para-hydroxylation sites is 2. The predicted octanol–water partition coefficient (Wildman–Crippen LogP) is 3.35. The number of benzene rings is 2. The number of aromatic amines is 1. The number of ether oxygens (including phenoxy) is 1. The highest BCUT2D eigenvalue weighted by molar-refractivity contribution is 6.01. The van der Waals surface area contributed by atoms with E-state index in [1.165, 1.54) is 0 Å². The van der Waals surface area contributed by atoms with Gasteiger partial charge in [-0.2, -0.15) is 0 Å². The van der Waals surface area contributed by atoms with Crippen molar-refractivity contribution in [2.24, 2.45) is 5.92 Å². The first-order valence-corrected chi connectivity index (χ1v) is 9.17. The average Bonchev–Trinajstić information content (AvgIpc) is 3.09. The number of imidazole rings is 1. The predicted molar refractivity (Wildman–Crippen MR) is 108 cm³/mol. The maximum atomic E-state index is 12.8. The van der Waals surface area contributed by atoms with Crippen LogP contribution in [0.2, 0.25) is 0 Å². The van der Waals surface area contributed by atoms with Crippen molar-refractivity contribution in [3.05, 3.63) is 54.1 Å². The van der Waals surface area contributed by atoms with Crippen LogP contribution >= 0.6 is 0 Å². The summed E-state index contributed by atoms with van der Waals surface area (Å²) in [5.41, 5.74) is 2.06. The van der Waals surface area contributed by atoms with E-state index in [0.717, 1.165) is 11.0 Å². The Morgan fingerprint density at radius 2 is 1.82 bits per heavy atom. The molecule has 0 spiro atoms. The molecule has 0 radical (unpaired) electrons. The zero-order valence-corrected chi connectivity index (χ0v) is 16.2. The lowest BCUT2D eigenvalue weighted by Crippen LogP contribution is -2.44. The number of carbonyl (C=O) groups excluding carboxylic acids is 2. The van der Waals surface area contributed by atoms with E-state index in [2.05, 4.69) is 20.6 Å². The van der Waals surface area contributed by atoms with Gasteiger partial charge in [-0.15, -0.1) is 0 Å². The minimum Gasteiger partial charge on any atom is -0.497 e. The van der Waals surface area contributed by atoms with E-state index in [1.807, 2.05) is 38.1 Å². The summed E-state index contributed by atoms with van der Waals surface area (Å²) in [4.78, 5) is 32.8. The summed E-state index contributed by atoms with van der Waals surface area (Å²) < 4.78 is 5.11. The second-order valence-electron chi connectivity index (χ2n) is 6.98. The van der Waals surface area contributed by atoms with Crippen molar-refractivity contribution in [3.8, 4) is 5.75 Å². The van der Waals surface area contributed by atoms with Gasteiger partial charge in [0.15, 0.2) is 0 Å². The van der Waals surface area contributed by atoms with Gasteiger partial charge in [-0.05, 0) is 48.7 Å². The molecule has 0 aliphatic carbocycles. The molecule has 0 saturated heterocycles. The van der Waals surface area contributed by atoms with Crippen LogP contribution in [0.3, 0.4) is 0 Å². The van der Waals surface area contributed by atoms with E-state index in [-0.39, 0.29) is 17.7 Å². The maximum Gasteiger partial charge on any atom is 0.251 e. The number of nitrogens with one attached hydrogen (secondary N) is 3. The molecule has 2 aromatic carbocycles. The monoisotopic (exact) mass is 380 g/mol. The first-order valence-electron chi connectivity index (χ1n) is 9.17. The van der Waals surface area contributed by atoms with Gasteiger partial charge in [-0.25, -0.2) is 4.98 Å². The Morgan fingerprint density at radius 3 is 2.46 bits per heavy atom. The molecule has 3 aromatic rings. The molecule has 7 heteroatoms. The molecule has 1 unspecified atom stereocenters. The quantitative estimate of drug-likeness (QED) is 0.586. The van der Waals surface area contributed by atoms with Crippen LogP contribution < -0.4 is 15.4 Å². The fraction of sp³-hybridized carbons (Fsp3) is 0.286. The minimum atomic E-state index is -0.678. The number of carbonyl (C=O) groups is 2. The molecule has 28 heavy (non-hydrogen) atoms. The van der Waals surface area contributed by atoms with Crippen molar-refractivity contribution < 1.29 is 14.3 Å². The lowest BCUT2D eigenvalue weighted by molar-refractivity contribution is -0.118. The Labute approximate surface area is 163 Å². The molecule has 146 valence electrons. The number of anilines is 1. The summed E-state index contributed by atoms with van der Waals surface area (Å²) in [5.74, 6) is 0.627. The number of hydrogen-bond acceptors (Lipinski definition) is 4. The van der Waals surface area contributed by atoms with Crippen LogP contribution in [0.1, 0.15) is 30.6 Å². The molecule has 0 saturated carbocycles. The highest BCUT2D eigenvalue weighted by Crippen LogP contribution is 2.15. The number of nitrogens with zero attached hydrogens (tertiary/aromatic N) is 1. The summed E-state index contributed by atoms with van der Waals surface area (Å²) in [6.07, 6.45) is 0.508. The van der Waals surface area contributed by atoms with Crippen LogP contribution in [0.15, 0.2) is 48.5 Å². The van der Waals surface area contributed by atoms with E-state index in [1.54, 1.807) is 31.4 Å². The van der Waals surface area contributed by atoms with Crippen molar-refractivity contribution in [2.75, 3.05) is 12.4 Å². The second-order valence-corrected chi connectivity index (χ2v) is 6.98. The fourth-order valence-corrected chi connectivity index (χ4v) is 2.90. The van der Waals surface area contributed by atoms with E-state index in [4.69, 9.17) is 4.74 Å². The smallest absolute Gasteiger partial charge is 0.251 e. The van der Waals surface area contributed by atoms with Crippen molar-refractivity contribution >= 4 is 28.8 Å². The molecule has 1 aromatic heterocycles. The molecule has 7 nitrogen and oxygen atoms in total. The molecule has 1 heterocycles. The number of H-pyrrole nitrogens is 1. The van der Waals surface area contributed by atoms with Crippen LogP contribution in [0, 0.1) is 5.92 Å². The summed E-state index contributed by atoms with van der Waals surface area (Å²) in [7, 11) is 1.57. The Kier molecular flexibility index (Phi) is 5.93. The highest BCUT2D eigenvalue weighted by Gasteiger charge is 2.23. The zero-order valence-electron chi connectivity index (χ0n) is 16.2. The molecule has 0 fully saturated rings. The molecule has 0 aliphatic heterocycles. The number of fused-ring (bicyclic) bond motifs is 1. The van der Waals surface area contributed by atoms with Gasteiger partial charge >= 0.3 is 0 Å². The summed E-state index contributed by atoms with van der Waals surface area (Å²) in [6, 6.07) is 13.6. The van der Waals surface area contributed by atoms with Crippen LogP contribution in [0.4, 0.5) is 5.95 Å². The average molecular weight is 380 g/mol. The number of rotatable bonds is 7. The Bertz CT molecular complexity index is 930. The maximum absolute atomic E-state index is 12.8. The van der Waals surface area contributed by atoms with Crippen LogP contribution in [0.5, 0.6) is 5.75 Å². The largest absolute Gasteiger partial charge is 0.497 e. The lowest BCUT2D eigenvalue weighted by Gasteiger charge is -2.19. The van der Waals surface area contributed by atoms with Gasteiger partial charge in [0.1, 0.15) is 11.8 Å². The van der Waals surface area contributed by atoms with E-state index >= 15 is 0 Å². The Morgan fingerprint density at radius 1 is 1.11 bits per heavy atom. The highest BCUT2D eigenvalue weighted by atomic mass is 16.5. The number of amides is 2. The molecule has 1 atom stereocenters. The molecule has 3 N–H and O–H groups in total. The topological polar surface area (TPSA) is 96.1 Å². The summed E-state index contributed by atoms with van der Waals surface area (Å²) in [5, 5.41) is 5.59. The third-order valence-corrected chi connectivity index (χ3v) is 4.31. The third-order valence-electron chi connectivity index (χ3n) is 4.31. The molecule has 0 aliphatic rings. The van der Waals surface area contributed by atoms with E-state index in [9.17, 15) is 9.59 Å². The van der Waals surface area contributed by atoms with Crippen molar-refractivity contribution in [2.45, 2.75) is 26.3 Å². The fourth-order valence-electron chi connectivity index (χ4n) is 2.90. The summed E-state index contributed by atoms with van der Waals surface area (Å²) in [6.45, 7) is 4.00. The van der Waals surface area contributed by atoms with Gasteiger partial charge in [0.05, 0.1) is 18.1 Å². The Balaban J connectivity index is 1.72. The van der Waals surface area contributed by atoms with Gasteiger partial charge in [0.2, 0.25) is 11.9 Å². The van der Waals surface area contributed by atoms with Gasteiger partial charge < -0.3 is 15.0 Å². The Hall–Kier alpha value is -3.35. The van der Waals surface area contributed by atoms with Crippen LogP contribution in [0.25, 0.3) is 11.0 Å². The minimum absolute atomic E-state index is 0.225. The lowest BCUT2D eigenvalue weighted by atomic mass is 10.0. The van der Waals surface area contributed by atoms with Crippen molar-refractivity contribution in [3.63, 3.8) is 0 Å². The van der Waals surface area contributed by atoms with E-state index in [0.29, 0.717) is 23.7 Å². The standard InChI is InChI=1S/C21H24N4O3/c1-13(2)12-18(22-19(26)14-8-10-15(28-3)11-9-14)20(27)25-21-23-16-6-4-5-7-17(16)24-21/h4-11,13,18H,12H2,1-3H3,(H,22,26)(H2,23,24,25,27). The van der Waals surface area contributed by atoms with Gasteiger partial charge in [0.25, 0.3) is 5.91 Å².